The van der Waals surface area contributed by atoms with E-state index in [0.29, 0.717) is 30.1 Å². The van der Waals surface area contributed by atoms with Crippen LogP contribution < -0.4 is 11.1 Å². The van der Waals surface area contributed by atoms with E-state index >= 15 is 0 Å². The summed E-state index contributed by atoms with van der Waals surface area (Å²) in [4.78, 5) is 15.9. The van der Waals surface area contributed by atoms with Crippen molar-refractivity contribution in [2.45, 2.75) is 26.7 Å². The lowest BCUT2D eigenvalue weighted by Gasteiger charge is -2.08. The Balaban J connectivity index is 2.34. The number of nitrogens with one attached hydrogen (secondary N) is 1. The predicted octanol–water partition coefficient (Wildman–Crippen LogP) is 1.52. The maximum atomic E-state index is 11.9. The molecule has 0 saturated heterocycles. The Kier molecular flexibility index (Phi) is 6.14. The molecule has 1 amide bonds. The molecule has 0 saturated carbocycles. The second-order valence-corrected chi connectivity index (χ2v) is 4.12. The van der Waals surface area contributed by atoms with Crippen molar-refractivity contribution in [3.8, 4) is 0 Å². The van der Waals surface area contributed by atoms with Gasteiger partial charge in [-0.15, -0.1) is 0 Å². The molecule has 0 bridgehead atoms. The van der Waals surface area contributed by atoms with Crippen LogP contribution in [0.5, 0.6) is 0 Å². The summed E-state index contributed by atoms with van der Waals surface area (Å²) in [6.07, 6.45) is 3.37. The van der Waals surface area contributed by atoms with E-state index in [-0.39, 0.29) is 5.91 Å². The highest BCUT2D eigenvalue weighted by Gasteiger charge is 2.09. The zero-order chi connectivity index (χ0) is 13.4. The SMILES string of the molecule is CCCOCCCNC(=O)c1cc(N)cnc1C. The number of aromatic nitrogens is 1. The Morgan fingerprint density at radius 1 is 1.50 bits per heavy atom. The van der Waals surface area contributed by atoms with E-state index in [1.54, 1.807) is 19.2 Å². The van der Waals surface area contributed by atoms with Gasteiger partial charge < -0.3 is 15.8 Å². The minimum absolute atomic E-state index is 0.136. The van der Waals surface area contributed by atoms with Gasteiger partial charge in [-0.2, -0.15) is 0 Å². The number of pyridine rings is 1. The molecule has 0 spiro atoms. The molecule has 0 aliphatic heterocycles. The highest BCUT2D eigenvalue weighted by Crippen LogP contribution is 2.09. The van der Waals surface area contributed by atoms with Gasteiger partial charge >= 0.3 is 0 Å². The zero-order valence-electron chi connectivity index (χ0n) is 11.0. The number of hydrogen-bond donors (Lipinski definition) is 2. The second kappa shape index (κ2) is 7.66. The Bertz CT molecular complexity index is 394. The molecular formula is C13H21N3O2. The van der Waals surface area contributed by atoms with Crippen LogP contribution in [0.25, 0.3) is 0 Å². The van der Waals surface area contributed by atoms with E-state index in [2.05, 4.69) is 17.2 Å². The number of ether oxygens (including phenoxy) is 1. The minimum atomic E-state index is -0.136. The lowest BCUT2D eigenvalue weighted by molar-refractivity contribution is 0.0940. The molecule has 0 radical (unpaired) electrons. The molecule has 0 aliphatic carbocycles. The number of carbonyl (C=O) groups excluding carboxylic acids is 1. The first-order chi connectivity index (χ1) is 8.65. The van der Waals surface area contributed by atoms with Crippen LogP contribution in [0.2, 0.25) is 0 Å². The molecule has 1 aromatic heterocycles. The van der Waals surface area contributed by atoms with Crippen LogP contribution >= 0.6 is 0 Å². The summed E-state index contributed by atoms with van der Waals surface area (Å²) < 4.78 is 5.33. The predicted molar refractivity (Wildman–Crippen MR) is 71.4 cm³/mol. The first-order valence-corrected chi connectivity index (χ1v) is 6.23. The van der Waals surface area contributed by atoms with E-state index in [9.17, 15) is 4.79 Å². The van der Waals surface area contributed by atoms with Gasteiger partial charge in [-0.25, -0.2) is 0 Å². The van der Waals surface area contributed by atoms with Gasteiger partial charge in [-0.05, 0) is 25.8 Å². The number of nitrogen functional groups attached to an aromatic ring is 1. The third-order valence-corrected chi connectivity index (χ3v) is 2.45. The van der Waals surface area contributed by atoms with Crippen molar-refractivity contribution < 1.29 is 9.53 Å². The van der Waals surface area contributed by atoms with Crippen molar-refractivity contribution >= 4 is 11.6 Å². The normalized spacial score (nSPS) is 10.3. The summed E-state index contributed by atoms with van der Waals surface area (Å²) in [5.41, 5.74) is 7.33. The van der Waals surface area contributed by atoms with Gasteiger partial charge in [0.2, 0.25) is 0 Å². The maximum Gasteiger partial charge on any atom is 0.253 e. The number of nitrogens with zero attached hydrogens (tertiary/aromatic N) is 1. The van der Waals surface area contributed by atoms with Crippen LogP contribution in [-0.2, 0) is 4.74 Å². The Labute approximate surface area is 108 Å². The third-order valence-electron chi connectivity index (χ3n) is 2.45. The molecule has 3 N–H and O–H groups in total. The molecule has 1 aromatic rings. The Hall–Kier alpha value is -1.62. The van der Waals surface area contributed by atoms with Crippen molar-refractivity contribution in [2.75, 3.05) is 25.5 Å². The summed E-state index contributed by atoms with van der Waals surface area (Å²) in [5.74, 6) is -0.136. The molecule has 0 fully saturated rings. The highest BCUT2D eigenvalue weighted by atomic mass is 16.5. The van der Waals surface area contributed by atoms with Crippen molar-refractivity contribution in [3.05, 3.63) is 23.5 Å². The summed E-state index contributed by atoms with van der Waals surface area (Å²) in [7, 11) is 0. The first-order valence-electron chi connectivity index (χ1n) is 6.23. The average Bonchev–Trinajstić information content (AvgIpc) is 2.36. The number of aryl methyl sites for hydroxylation is 1. The molecule has 1 heterocycles. The molecule has 0 unspecified atom stereocenters. The van der Waals surface area contributed by atoms with E-state index in [1.165, 1.54) is 0 Å². The van der Waals surface area contributed by atoms with Gasteiger partial charge in [0.1, 0.15) is 0 Å². The third kappa shape index (κ3) is 4.71. The van der Waals surface area contributed by atoms with Crippen LogP contribution in [0.3, 0.4) is 0 Å². The molecule has 18 heavy (non-hydrogen) atoms. The number of rotatable bonds is 7. The molecule has 100 valence electrons. The number of carbonyl (C=O) groups is 1. The summed E-state index contributed by atoms with van der Waals surface area (Å²) in [6.45, 7) is 5.89. The van der Waals surface area contributed by atoms with E-state index in [1.807, 2.05) is 0 Å². The fourth-order valence-electron chi connectivity index (χ4n) is 1.50. The van der Waals surface area contributed by atoms with Gasteiger partial charge in [-0.3, -0.25) is 9.78 Å². The second-order valence-electron chi connectivity index (χ2n) is 4.12. The lowest BCUT2D eigenvalue weighted by Crippen LogP contribution is -2.26. The topological polar surface area (TPSA) is 77.2 Å². The summed E-state index contributed by atoms with van der Waals surface area (Å²) >= 11 is 0. The molecule has 0 atom stereocenters. The van der Waals surface area contributed by atoms with Gasteiger partial charge in [0.05, 0.1) is 23.1 Å². The van der Waals surface area contributed by atoms with Crippen LogP contribution in [0.15, 0.2) is 12.3 Å². The number of amides is 1. The average molecular weight is 251 g/mol. The number of hydrogen-bond acceptors (Lipinski definition) is 4. The van der Waals surface area contributed by atoms with Crippen LogP contribution in [0.1, 0.15) is 35.8 Å². The smallest absolute Gasteiger partial charge is 0.253 e. The zero-order valence-corrected chi connectivity index (χ0v) is 11.0. The lowest BCUT2D eigenvalue weighted by atomic mass is 10.2. The van der Waals surface area contributed by atoms with Crippen molar-refractivity contribution in [3.63, 3.8) is 0 Å². The van der Waals surface area contributed by atoms with Crippen molar-refractivity contribution in [1.29, 1.82) is 0 Å². The fraction of sp³-hybridized carbons (Fsp3) is 0.538. The van der Waals surface area contributed by atoms with Gasteiger partial charge in [-0.1, -0.05) is 6.92 Å². The molecule has 5 heteroatoms. The van der Waals surface area contributed by atoms with Gasteiger partial charge in [0.25, 0.3) is 5.91 Å². The molecular weight excluding hydrogens is 230 g/mol. The Morgan fingerprint density at radius 3 is 3.00 bits per heavy atom. The van der Waals surface area contributed by atoms with Crippen LogP contribution in [0.4, 0.5) is 5.69 Å². The molecule has 1 rings (SSSR count). The van der Waals surface area contributed by atoms with E-state index < -0.39 is 0 Å². The summed E-state index contributed by atoms with van der Waals surface area (Å²) in [5, 5.41) is 2.83. The van der Waals surface area contributed by atoms with E-state index in [4.69, 9.17) is 10.5 Å². The van der Waals surface area contributed by atoms with E-state index in [0.717, 1.165) is 19.4 Å². The standard InChI is InChI=1S/C13H21N3O2/c1-3-6-18-7-4-5-15-13(17)12-8-11(14)9-16-10(12)2/h8-9H,3-7,14H2,1-2H3,(H,15,17). The fourth-order valence-corrected chi connectivity index (χ4v) is 1.50. The minimum Gasteiger partial charge on any atom is -0.397 e. The monoisotopic (exact) mass is 251 g/mol. The maximum absolute atomic E-state index is 11.9. The van der Waals surface area contributed by atoms with Gasteiger partial charge in [0.15, 0.2) is 0 Å². The first kappa shape index (κ1) is 14.4. The quantitative estimate of drug-likeness (QED) is 0.720. The molecule has 0 aliphatic rings. The van der Waals surface area contributed by atoms with Crippen molar-refractivity contribution in [2.24, 2.45) is 0 Å². The summed E-state index contributed by atoms with van der Waals surface area (Å²) in [6, 6.07) is 1.64. The van der Waals surface area contributed by atoms with Gasteiger partial charge in [0, 0.05) is 19.8 Å². The molecule has 5 nitrogen and oxygen atoms in total. The van der Waals surface area contributed by atoms with Crippen LogP contribution in [0, 0.1) is 6.92 Å². The number of anilines is 1. The largest absolute Gasteiger partial charge is 0.397 e. The van der Waals surface area contributed by atoms with Crippen LogP contribution in [-0.4, -0.2) is 30.6 Å². The Morgan fingerprint density at radius 2 is 2.28 bits per heavy atom. The molecule has 0 aromatic carbocycles. The van der Waals surface area contributed by atoms with Crippen molar-refractivity contribution in [1.82, 2.24) is 10.3 Å². The number of nitrogens with two attached hydrogens (primary N) is 1. The highest BCUT2D eigenvalue weighted by molar-refractivity contribution is 5.95.